The molecule has 0 aliphatic heterocycles. The third-order valence-electron chi connectivity index (χ3n) is 2.08. The average molecular weight is 182 g/mol. The highest BCUT2D eigenvalue weighted by atomic mass is 15.0. The summed E-state index contributed by atoms with van der Waals surface area (Å²) in [5.74, 6) is 0.668. The van der Waals surface area contributed by atoms with Gasteiger partial charge < -0.3 is 0 Å². The molecule has 0 aromatic carbocycles. The molecule has 0 aliphatic carbocycles. The van der Waals surface area contributed by atoms with Crippen molar-refractivity contribution in [2.75, 3.05) is 0 Å². The van der Waals surface area contributed by atoms with E-state index >= 15 is 0 Å². The number of nitrogens with zero attached hydrogens (tertiary/aromatic N) is 1. The third kappa shape index (κ3) is 5.65. The molecule has 0 saturated carbocycles. The van der Waals surface area contributed by atoms with Gasteiger partial charge in [0.05, 0.1) is 6.07 Å². The van der Waals surface area contributed by atoms with Gasteiger partial charge in [-0.2, -0.15) is 5.26 Å². The van der Waals surface area contributed by atoms with Gasteiger partial charge in [0.2, 0.25) is 0 Å². The molecule has 13 heavy (non-hydrogen) atoms. The predicted octanol–water partition coefficient (Wildman–Crippen LogP) is 2.70. The smallest absolute Gasteiger partial charge is 0.104 e. The van der Waals surface area contributed by atoms with Crippen molar-refractivity contribution in [3.63, 3.8) is 0 Å². The number of nitrogens with one attached hydrogen (secondary N) is 1. The van der Waals surface area contributed by atoms with E-state index < -0.39 is 0 Å². The van der Waals surface area contributed by atoms with Crippen molar-refractivity contribution in [1.82, 2.24) is 5.32 Å². The van der Waals surface area contributed by atoms with E-state index in [1.807, 2.05) is 6.92 Å². The first-order valence-electron chi connectivity index (χ1n) is 5.08. The molecular formula is C11H22N2. The molecule has 2 nitrogen and oxygen atoms in total. The highest BCUT2D eigenvalue weighted by molar-refractivity contribution is 5.04. The Labute approximate surface area is 82.3 Å². The van der Waals surface area contributed by atoms with E-state index in [-0.39, 0.29) is 5.54 Å². The first-order chi connectivity index (χ1) is 5.89. The van der Waals surface area contributed by atoms with Crippen LogP contribution in [0.4, 0.5) is 0 Å². The zero-order valence-electron chi connectivity index (χ0n) is 9.52. The Bertz CT molecular complexity index is 179. The van der Waals surface area contributed by atoms with Crippen LogP contribution in [0.3, 0.4) is 0 Å². The molecular weight excluding hydrogens is 160 g/mol. The number of rotatable bonds is 5. The Morgan fingerprint density at radius 2 is 1.85 bits per heavy atom. The summed E-state index contributed by atoms with van der Waals surface area (Å²) in [4.78, 5) is 0. The van der Waals surface area contributed by atoms with E-state index in [1.165, 1.54) is 0 Å². The van der Waals surface area contributed by atoms with E-state index in [9.17, 15) is 0 Å². The standard InChI is InChI=1S/C11H22N2/c1-9(2)6-7-11(5,8-12)13-10(3)4/h9-10,13H,6-7H2,1-5H3. The summed E-state index contributed by atoms with van der Waals surface area (Å²) in [6.07, 6.45) is 2.03. The second-order valence-electron chi connectivity index (χ2n) is 4.68. The highest BCUT2D eigenvalue weighted by Crippen LogP contribution is 2.16. The van der Waals surface area contributed by atoms with Crippen molar-refractivity contribution in [1.29, 1.82) is 5.26 Å². The molecule has 1 N–H and O–H groups in total. The third-order valence-corrected chi connectivity index (χ3v) is 2.08. The molecule has 0 bridgehead atoms. The lowest BCUT2D eigenvalue weighted by Gasteiger charge is -2.26. The minimum absolute atomic E-state index is 0.349. The van der Waals surface area contributed by atoms with Gasteiger partial charge in [0, 0.05) is 6.04 Å². The van der Waals surface area contributed by atoms with E-state index in [0.717, 1.165) is 12.8 Å². The summed E-state index contributed by atoms with van der Waals surface area (Å²) in [6.45, 7) is 10.5. The fraction of sp³-hybridized carbons (Fsp3) is 0.909. The van der Waals surface area contributed by atoms with Gasteiger partial charge in [0.25, 0.3) is 0 Å². The van der Waals surface area contributed by atoms with E-state index in [0.29, 0.717) is 12.0 Å². The predicted molar refractivity (Wildman–Crippen MR) is 56.4 cm³/mol. The maximum Gasteiger partial charge on any atom is 0.104 e. The summed E-state index contributed by atoms with van der Waals surface area (Å²) in [5.41, 5.74) is -0.349. The molecule has 0 aromatic heterocycles. The van der Waals surface area contributed by atoms with Gasteiger partial charge in [-0.3, -0.25) is 5.32 Å². The lowest BCUT2D eigenvalue weighted by atomic mass is 9.92. The Hall–Kier alpha value is -0.550. The zero-order chi connectivity index (χ0) is 10.5. The summed E-state index contributed by atoms with van der Waals surface area (Å²) < 4.78 is 0. The molecule has 0 heterocycles. The summed E-state index contributed by atoms with van der Waals surface area (Å²) >= 11 is 0. The van der Waals surface area contributed by atoms with Crippen LogP contribution >= 0.6 is 0 Å². The van der Waals surface area contributed by atoms with Crippen molar-refractivity contribution >= 4 is 0 Å². The lowest BCUT2D eigenvalue weighted by molar-refractivity contribution is 0.353. The molecule has 0 saturated heterocycles. The van der Waals surface area contributed by atoms with Gasteiger partial charge in [-0.25, -0.2) is 0 Å². The van der Waals surface area contributed by atoms with Crippen LogP contribution in [-0.4, -0.2) is 11.6 Å². The maximum absolute atomic E-state index is 9.03. The molecule has 0 radical (unpaired) electrons. The van der Waals surface area contributed by atoms with Crippen LogP contribution in [0.5, 0.6) is 0 Å². The Morgan fingerprint density at radius 3 is 2.15 bits per heavy atom. The van der Waals surface area contributed by atoms with Crippen LogP contribution in [0.2, 0.25) is 0 Å². The molecule has 0 aliphatic rings. The Balaban J connectivity index is 4.06. The normalized spacial score (nSPS) is 15.8. The van der Waals surface area contributed by atoms with Crippen molar-refractivity contribution in [3.05, 3.63) is 0 Å². The van der Waals surface area contributed by atoms with Gasteiger partial charge in [-0.1, -0.05) is 13.8 Å². The largest absolute Gasteiger partial charge is 0.297 e. The van der Waals surface area contributed by atoms with Crippen molar-refractivity contribution < 1.29 is 0 Å². The van der Waals surface area contributed by atoms with E-state index in [1.54, 1.807) is 0 Å². The molecule has 0 aromatic rings. The van der Waals surface area contributed by atoms with Gasteiger partial charge in [0.1, 0.15) is 5.54 Å². The van der Waals surface area contributed by atoms with Gasteiger partial charge >= 0.3 is 0 Å². The van der Waals surface area contributed by atoms with Crippen LogP contribution in [0, 0.1) is 17.2 Å². The minimum atomic E-state index is -0.349. The fourth-order valence-corrected chi connectivity index (χ4v) is 1.37. The van der Waals surface area contributed by atoms with Crippen molar-refractivity contribution in [2.24, 2.45) is 5.92 Å². The number of hydrogen-bond donors (Lipinski definition) is 1. The fourth-order valence-electron chi connectivity index (χ4n) is 1.37. The van der Waals surface area contributed by atoms with Crippen molar-refractivity contribution in [3.8, 4) is 6.07 Å². The highest BCUT2D eigenvalue weighted by Gasteiger charge is 2.23. The van der Waals surface area contributed by atoms with Crippen molar-refractivity contribution in [2.45, 2.75) is 59.0 Å². The topological polar surface area (TPSA) is 35.8 Å². The van der Waals surface area contributed by atoms with Crippen LogP contribution in [0.15, 0.2) is 0 Å². The average Bonchev–Trinajstić information content (AvgIpc) is 2.00. The second-order valence-corrected chi connectivity index (χ2v) is 4.68. The molecule has 76 valence electrons. The number of nitriles is 1. The molecule has 2 heteroatoms. The molecule has 0 amide bonds. The quantitative estimate of drug-likeness (QED) is 0.709. The van der Waals surface area contributed by atoms with Crippen LogP contribution < -0.4 is 5.32 Å². The Kier molecular flexibility index (Phi) is 5.02. The van der Waals surface area contributed by atoms with E-state index in [2.05, 4.69) is 39.1 Å². The summed E-state index contributed by atoms with van der Waals surface area (Å²) in [7, 11) is 0. The maximum atomic E-state index is 9.03. The first-order valence-corrected chi connectivity index (χ1v) is 5.08. The molecule has 1 unspecified atom stereocenters. The van der Waals surface area contributed by atoms with Gasteiger partial charge in [-0.15, -0.1) is 0 Å². The van der Waals surface area contributed by atoms with Crippen LogP contribution in [0.25, 0.3) is 0 Å². The summed E-state index contributed by atoms with van der Waals surface area (Å²) in [6, 6.07) is 2.73. The zero-order valence-corrected chi connectivity index (χ0v) is 9.52. The monoisotopic (exact) mass is 182 g/mol. The molecule has 0 rings (SSSR count). The molecule has 0 fully saturated rings. The van der Waals surface area contributed by atoms with Crippen LogP contribution in [-0.2, 0) is 0 Å². The lowest BCUT2D eigenvalue weighted by Crippen LogP contribution is -2.45. The summed E-state index contributed by atoms with van der Waals surface area (Å²) in [5, 5.41) is 12.3. The number of hydrogen-bond acceptors (Lipinski definition) is 2. The second kappa shape index (κ2) is 5.24. The van der Waals surface area contributed by atoms with Gasteiger partial charge in [-0.05, 0) is 39.5 Å². The van der Waals surface area contributed by atoms with E-state index in [4.69, 9.17) is 5.26 Å². The Morgan fingerprint density at radius 1 is 1.31 bits per heavy atom. The van der Waals surface area contributed by atoms with Gasteiger partial charge in [0.15, 0.2) is 0 Å². The molecule has 1 atom stereocenters. The van der Waals surface area contributed by atoms with Crippen LogP contribution in [0.1, 0.15) is 47.5 Å². The first kappa shape index (κ1) is 12.4. The minimum Gasteiger partial charge on any atom is -0.297 e. The SMILES string of the molecule is CC(C)CCC(C)(C#N)NC(C)C. The molecule has 0 spiro atoms.